The minimum absolute atomic E-state index is 0.136. The first-order valence-electron chi connectivity index (χ1n) is 5.25. The van der Waals surface area contributed by atoms with Crippen LogP contribution in [0.15, 0.2) is 22.8 Å². The standard InChI is InChI=1S/C11H16N2O3/c1-3-4-7-13(2)11(15)12-10(14)9-6-5-8-16-9/h5-6,8H,3-4,7H2,1-2H3,(H,12,14,15). The van der Waals surface area contributed by atoms with E-state index in [1.165, 1.54) is 17.2 Å². The Morgan fingerprint density at radius 2 is 2.25 bits per heavy atom. The molecule has 0 saturated heterocycles. The van der Waals surface area contributed by atoms with Crippen molar-refractivity contribution in [1.29, 1.82) is 0 Å². The average Bonchev–Trinajstić information content (AvgIpc) is 2.79. The molecule has 0 aliphatic carbocycles. The lowest BCUT2D eigenvalue weighted by atomic mass is 10.3. The first-order chi connectivity index (χ1) is 7.65. The second kappa shape index (κ2) is 5.95. The maximum atomic E-state index is 11.5. The van der Waals surface area contributed by atoms with E-state index in [0.717, 1.165) is 12.8 Å². The van der Waals surface area contributed by atoms with Gasteiger partial charge in [0.25, 0.3) is 5.91 Å². The first kappa shape index (κ1) is 12.3. The molecule has 0 aliphatic heterocycles. The van der Waals surface area contributed by atoms with Crippen LogP contribution in [0.25, 0.3) is 0 Å². The Labute approximate surface area is 94.4 Å². The zero-order chi connectivity index (χ0) is 12.0. The van der Waals surface area contributed by atoms with Crippen LogP contribution >= 0.6 is 0 Å². The molecule has 0 unspecified atom stereocenters. The van der Waals surface area contributed by atoms with Crippen molar-refractivity contribution in [3.63, 3.8) is 0 Å². The van der Waals surface area contributed by atoms with E-state index in [2.05, 4.69) is 5.32 Å². The van der Waals surface area contributed by atoms with Crippen molar-refractivity contribution < 1.29 is 14.0 Å². The number of hydrogen-bond donors (Lipinski definition) is 1. The normalized spacial score (nSPS) is 9.88. The van der Waals surface area contributed by atoms with E-state index in [-0.39, 0.29) is 5.76 Å². The molecule has 88 valence electrons. The molecule has 0 radical (unpaired) electrons. The van der Waals surface area contributed by atoms with E-state index in [4.69, 9.17) is 4.42 Å². The molecule has 0 bridgehead atoms. The molecular formula is C11H16N2O3. The van der Waals surface area contributed by atoms with Crippen molar-refractivity contribution in [3.05, 3.63) is 24.2 Å². The Bertz CT molecular complexity index is 346. The summed E-state index contributed by atoms with van der Waals surface area (Å²) in [5, 5.41) is 2.25. The third kappa shape index (κ3) is 3.42. The Hall–Kier alpha value is -1.78. The zero-order valence-electron chi connectivity index (χ0n) is 9.53. The summed E-state index contributed by atoms with van der Waals surface area (Å²) in [5.74, 6) is -0.379. The molecule has 3 amide bonds. The molecule has 0 fully saturated rings. The summed E-state index contributed by atoms with van der Waals surface area (Å²) < 4.78 is 4.87. The Balaban J connectivity index is 2.42. The van der Waals surface area contributed by atoms with Crippen LogP contribution in [0.1, 0.15) is 30.3 Å². The topological polar surface area (TPSA) is 62.6 Å². The monoisotopic (exact) mass is 224 g/mol. The lowest BCUT2D eigenvalue weighted by molar-refractivity contribution is 0.0927. The fourth-order valence-electron chi connectivity index (χ4n) is 1.16. The minimum atomic E-state index is -0.515. The number of imide groups is 1. The number of furan rings is 1. The van der Waals surface area contributed by atoms with Crippen molar-refractivity contribution in [1.82, 2.24) is 10.2 Å². The Morgan fingerprint density at radius 3 is 2.81 bits per heavy atom. The molecule has 0 atom stereocenters. The highest BCUT2D eigenvalue weighted by molar-refractivity contribution is 6.02. The molecule has 0 aromatic carbocycles. The fraction of sp³-hybridized carbons (Fsp3) is 0.455. The molecule has 0 aliphatic rings. The van der Waals surface area contributed by atoms with Gasteiger partial charge in [-0.05, 0) is 18.6 Å². The highest BCUT2D eigenvalue weighted by Gasteiger charge is 2.15. The first-order valence-corrected chi connectivity index (χ1v) is 5.25. The van der Waals surface area contributed by atoms with E-state index in [1.54, 1.807) is 13.1 Å². The van der Waals surface area contributed by atoms with Crippen LogP contribution in [0.5, 0.6) is 0 Å². The molecular weight excluding hydrogens is 208 g/mol. The Morgan fingerprint density at radius 1 is 1.50 bits per heavy atom. The number of unbranched alkanes of at least 4 members (excludes halogenated alkanes) is 1. The van der Waals surface area contributed by atoms with Crippen molar-refractivity contribution >= 4 is 11.9 Å². The van der Waals surface area contributed by atoms with Gasteiger partial charge in [0.15, 0.2) is 5.76 Å². The fourth-order valence-corrected chi connectivity index (χ4v) is 1.16. The van der Waals surface area contributed by atoms with Crippen LogP contribution in [0.3, 0.4) is 0 Å². The van der Waals surface area contributed by atoms with Gasteiger partial charge < -0.3 is 9.32 Å². The van der Waals surface area contributed by atoms with Gasteiger partial charge in [-0.25, -0.2) is 4.79 Å². The van der Waals surface area contributed by atoms with Crippen molar-refractivity contribution in [2.45, 2.75) is 19.8 Å². The minimum Gasteiger partial charge on any atom is -0.459 e. The summed E-state index contributed by atoms with van der Waals surface area (Å²) in [6.45, 7) is 2.67. The zero-order valence-corrected chi connectivity index (χ0v) is 9.53. The predicted octanol–water partition coefficient (Wildman–Crippen LogP) is 1.86. The molecule has 5 nitrogen and oxygen atoms in total. The number of amides is 3. The molecule has 0 saturated carbocycles. The van der Waals surface area contributed by atoms with E-state index >= 15 is 0 Å². The number of rotatable bonds is 4. The van der Waals surface area contributed by atoms with Gasteiger partial charge in [0.2, 0.25) is 0 Å². The quantitative estimate of drug-likeness (QED) is 0.849. The number of nitrogens with one attached hydrogen (secondary N) is 1. The van der Waals surface area contributed by atoms with E-state index in [1.807, 2.05) is 6.92 Å². The smallest absolute Gasteiger partial charge is 0.324 e. The van der Waals surface area contributed by atoms with Gasteiger partial charge in [0.1, 0.15) is 0 Å². The molecule has 1 aromatic rings. The van der Waals surface area contributed by atoms with Crippen LogP contribution in [0, 0.1) is 0 Å². The lowest BCUT2D eigenvalue weighted by Gasteiger charge is -2.16. The van der Waals surface area contributed by atoms with Gasteiger partial charge >= 0.3 is 6.03 Å². The van der Waals surface area contributed by atoms with E-state index in [9.17, 15) is 9.59 Å². The van der Waals surface area contributed by atoms with Crippen LogP contribution in [0.4, 0.5) is 4.79 Å². The van der Waals surface area contributed by atoms with E-state index < -0.39 is 11.9 Å². The molecule has 0 spiro atoms. The summed E-state index contributed by atoms with van der Waals surface area (Å²) in [6, 6.07) is 2.70. The van der Waals surface area contributed by atoms with Crippen molar-refractivity contribution in [2.75, 3.05) is 13.6 Å². The molecule has 1 heterocycles. The third-order valence-electron chi connectivity index (χ3n) is 2.16. The van der Waals surface area contributed by atoms with Gasteiger partial charge in [-0.1, -0.05) is 13.3 Å². The maximum absolute atomic E-state index is 11.5. The largest absolute Gasteiger partial charge is 0.459 e. The number of urea groups is 1. The predicted molar refractivity (Wildman–Crippen MR) is 59.1 cm³/mol. The van der Waals surface area contributed by atoms with Gasteiger partial charge in [0.05, 0.1) is 6.26 Å². The number of carbonyl (C=O) groups is 2. The number of hydrogen-bond acceptors (Lipinski definition) is 3. The average molecular weight is 224 g/mol. The van der Waals surface area contributed by atoms with Crippen LogP contribution in [-0.4, -0.2) is 30.4 Å². The molecule has 1 rings (SSSR count). The van der Waals surface area contributed by atoms with Crippen molar-refractivity contribution in [2.24, 2.45) is 0 Å². The molecule has 1 N–H and O–H groups in total. The molecule has 16 heavy (non-hydrogen) atoms. The summed E-state index contributed by atoms with van der Waals surface area (Å²) >= 11 is 0. The second-order valence-corrected chi connectivity index (χ2v) is 3.51. The second-order valence-electron chi connectivity index (χ2n) is 3.51. The Kier molecular flexibility index (Phi) is 4.57. The van der Waals surface area contributed by atoms with E-state index in [0.29, 0.717) is 6.54 Å². The van der Waals surface area contributed by atoms with Gasteiger partial charge in [-0.3, -0.25) is 10.1 Å². The number of nitrogens with zero attached hydrogens (tertiary/aromatic N) is 1. The lowest BCUT2D eigenvalue weighted by Crippen LogP contribution is -2.41. The SMILES string of the molecule is CCCCN(C)C(=O)NC(=O)c1ccco1. The molecule has 1 aromatic heterocycles. The number of carbonyl (C=O) groups excluding carboxylic acids is 2. The summed E-state index contributed by atoms with van der Waals surface area (Å²) in [7, 11) is 1.65. The molecule has 5 heteroatoms. The van der Waals surface area contributed by atoms with Gasteiger partial charge in [-0.15, -0.1) is 0 Å². The summed E-state index contributed by atoms with van der Waals surface area (Å²) in [5.41, 5.74) is 0. The van der Waals surface area contributed by atoms with Gasteiger partial charge in [-0.2, -0.15) is 0 Å². The van der Waals surface area contributed by atoms with Gasteiger partial charge in [0, 0.05) is 13.6 Å². The van der Waals surface area contributed by atoms with Crippen LogP contribution in [0.2, 0.25) is 0 Å². The van der Waals surface area contributed by atoms with Crippen LogP contribution < -0.4 is 5.32 Å². The van der Waals surface area contributed by atoms with Crippen molar-refractivity contribution in [3.8, 4) is 0 Å². The highest BCUT2D eigenvalue weighted by Crippen LogP contribution is 2.00. The highest BCUT2D eigenvalue weighted by atomic mass is 16.3. The summed E-state index contributed by atoms with van der Waals surface area (Å²) in [6.07, 6.45) is 3.31. The summed E-state index contributed by atoms with van der Waals surface area (Å²) in [4.78, 5) is 24.4. The third-order valence-corrected chi connectivity index (χ3v) is 2.16. The maximum Gasteiger partial charge on any atom is 0.324 e. The van der Waals surface area contributed by atoms with Crippen LogP contribution in [-0.2, 0) is 0 Å².